The fourth-order valence-corrected chi connectivity index (χ4v) is 1.53. The molecular formula is C14H22ClNO. The summed E-state index contributed by atoms with van der Waals surface area (Å²) in [6.45, 7) is 7.73. The van der Waals surface area contributed by atoms with Gasteiger partial charge < -0.3 is 10.5 Å². The molecule has 2 nitrogen and oxygen atoms in total. The highest BCUT2D eigenvalue weighted by atomic mass is 35.5. The Morgan fingerprint density at radius 3 is 2.35 bits per heavy atom. The third-order valence-corrected chi connectivity index (χ3v) is 2.36. The van der Waals surface area contributed by atoms with Crippen molar-refractivity contribution in [2.45, 2.75) is 38.8 Å². The molecule has 96 valence electrons. The molecule has 1 aromatic carbocycles. The van der Waals surface area contributed by atoms with E-state index in [0.717, 1.165) is 24.2 Å². The second-order valence-electron chi connectivity index (χ2n) is 4.21. The topological polar surface area (TPSA) is 35.2 Å². The van der Waals surface area contributed by atoms with Crippen molar-refractivity contribution in [1.29, 1.82) is 0 Å². The van der Waals surface area contributed by atoms with E-state index >= 15 is 0 Å². The number of hydrogen-bond donors (Lipinski definition) is 1. The molecule has 0 heterocycles. The Bertz CT molecular complexity index is 321. The van der Waals surface area contributed by atoms with E-state index in [1.54, 1.807) is 0 Å². The van der Waals surface area contributed by atoms with Crippen LogP contribution in [-0.4, -0.2) is 6.10 Å². The van der Waals surface area contributed by atoms with Gasteiger partial charge in [-0.15, -0.1) is 19.0 Å². The van der Waals surface area contributed by atoms with E-state index in [9.17, 15) is 0 Å². The number of hydrogen-bond acceptors (Lipinski definition) is 2. The van der Waals surface area contributed by atoms with Crippen molar-refractivity contribution in [3.8, 4) is 5.75 Å². The predicted molar refractivity (Wildman–Crippen MR) is 75.8 cm³/mol. The first-order chi connectivity index (χ1) is 7.63. The Hall–Kier alpha value is -0.990. The van der Waals surface area contributed by atoms with Crippen LogP contribution in [0.4, 0.5) is 0 Å². The third-order valence-electron chi connectivity index (χ3n) is 2.36. The fourth-order valence-electron chi connectivity index (χ4n) is 1.53. The van der Waals surface area contributed by atoms with Gasteiger partial charge in [-0.05, 0) is 44.4 Å². The van der Waals surface area contributed by atoms with E-state index in [1.165, 1.54) is 0 Å². The lowest BCUT2D eigenvalue weighted by atomic mass is 10.0. The highest BCUT2D eigenvalue weighted by Crippen LogP contribution is 2.20. The van der Waals surface area contributed by atoms with Crippen molar-refractivity contribution < 1.29 is 4.74 Å². The molecule has 0 radical (unpaired) electrons. The summed E-state index contributed by atoms with van der Waals surface area (Å²) in [6, 6.07) is 8.11. The van der Waals surface area contributed by atoms with E-state index in [0.29, 0.717) is 0 Å². The molecule has 1 aromatic rings. The van der Waals surface area contributed by atoms with Crippen molar-refractivity contribution >= 4 is 12.4 Å². The van der Waals surface area contributed by atoms with Crippen LogP contribution in [0.3, 0.4) is 0 Å². The molecule has 0 saturated carbocycles. The van der Waals surface area contributed by atoms with Crippen molar-refractivity contribution in [1.82, 2.24) is 0 Å². The molecule has 0 aliphatic rings. The van der Waals surface area contributed by atoms with Gasteiger partial charge in [0.2, 0.25) is 0 Å². The zero-order chi connectivity index (χ0) is 12.0. The van der Waals surface area contributed by atoms with Crippen LogP contribution in [0.2, 0.25) is 0 Å². The first-order valence-electron chi connectivity index (χ1n) is 5.76. The quantitative estimate of drug-likeness (QED) is 0.784. The third kappa shape index (κ3) is 5.76. The summed E-state index contributed by atoms with van der Waals surface area (Å²) in [6.07, 6.45) is 4.00. The summed E-state index contributed by atoms with van der Waals surface area (Å²) in [5.41, 5.74) is 7.19. The average molecular weight is 256 g/mol. The van der Waals surface area contributed by atoms with Gasteiger partial charge in [-0.3, -0.25) is 0 Å². The first kappa shape index (κ1) is 16.0. The fraction of sp³-hybridized carbons (Fsp3) is 0.429. The number of halogens is 1. The maximum atomic E-state index is 6.04. The van der Waals surface area contributed by atoms with Gasteiger partial charge in [-0.1, -0.05) is 18.2 Å². The molecule has 0 fully saturated rings. The molecule has 0 aromatic heterocycles. The maximum Gasteiger partial charge on any atom is 0.119 e. The molecule has 0 unspecified atom stereocenters. The largest absolute Gasteiger partial charge is 0.491 e. The number of rotatable bonds is 6. The number of ether oxygens (including phenoxy) is 1. The van der Waals surface area contributed by atoms with Crippen LogP contribution in [0.5, 0.6) is 5.75 Å². The predicted octanol–water partition coefficient (Wildman–Crippen LogP) is 3.86. The van der Waals surface area contributed by atoms with Gasteiger partial charge in [0, 0.05) is 6.04 Å². The highest BCUT2D eigenvalue weighted by molar-refractivity contribution is 5.85. The van der Waals surface area contributed by atoms with Crippen molar-refractivity contribution in [3.05, 3.63) is 42.5 Å². The summed E-state index contributed by atoms with van der Waals surface area (Å²) in [4.78, 5) is 0. The van der Waals surface area contributed by atoms with Crippen molar-refractivity contribution in [2.75, 3.05) is 0 Å². The molecule has 0 bridgehead atoms. The maximum absolute atomic E-state index is 6.04. The summed E-state index contributed by atoms with van der Waals surface area (Å²) in [7, 11) is 0. The molecule has 0 aliphatic carbocycles. The minimum atomic E-state index is 0. The zero-order valence-electron chi connectivity index (χ0n) is 10.6. The van der Waals surface area contributed by atoms with Crippen LogP contribution in [0, 0.1) is 0 Å². The highest BCUT2D eigenvalue weighted by Gasteiger charge is 2.05. The first-order valence-corrected chi connectivity index (χ1v) is 5.76. The summed E-state index contributed by atoms with van der Waals surface area (Å²) < 4.78 is 5.57. The molecule has 2 N–H and O–H groups in total. The summed E-state index contributed by atoms with van der Waals surface area (Å²) in [5, 5.41) is 0. The Morgan fingerprint density at radius 1 is 1.29 bits per heavy atom. The van der Waals surface area contributed by atoms with Crippen LogP contribution in [-0.2, 0) is 0 Å². The summed E-state index contributed by atoms with van der Waals surface area (Å²) >= 11 is 0. The molecule has 1 atom stereocenters. The Labute approximate surface area is 110 Å². The van der Waals surface area contributed by atoms with Crippen LogP contribution in [0.15, 0.2) is 36.9 Å². The van der Waals surface area contributed by atoms with Crippen molar-refractivity contribution in [2.24, 2.45) is 5.73 Å². The lowest BCUT2D eigenvalue weighted by Crippen LogP contribution is -2.10. The Kier molecular flexibility index (Phi) is 7.68. The van der Waals surface area contributed by atoms with Gasteiger partial charge in [-0.25, -0.2) is 0 Å². The minimum absolute atomic E-state index is 0. The Morgan fingerprint density at radius 2 is 1.88 bits per heavy atom. The van der Waals surface area contributed by atoms with Crippen molar-refractivity contribution in [3.63, 3.8) is 0 Å². The number of benzene rings is 1. The van der Waals surface area contributed by atoms with Crippen LogP contribution >= 0.6 is 12.4 Å². The molecular weight excluding hydrogens is 234 g/mol. The second kappa shape index (κ2) is 8.15. The van der Waals surface area contributed by atoms with Gasteiger partial charge in [0.15, 0.2) is 0 Å². The van der Waals surface area contributed by atoms with E-state index in [4.69, 9.17) is 10.5 Å². The van der Waals surface area contributed by atoms with Crippen LogP contribution in [0.1, 0.15) is 38.3 Å². The average Bonchev–Trinajstić information content (AvgIpc) is 2.26. The molecule has 0 amide bonds. The normalized spacial score (nSPS) is 11.8. The zero-order valence-corrected chi connectivity index (χ0v) is 11.4. The monoisotopic (exact) mass is 255 g/mol. The van der Waals surface area contributed by atoms with Gasteiger partial charge in [-0.2, -0.15) is 0 Å². The number of nitrogens with two attached hydrogens (primary N) is 1. The van der Waals surface area contributed by atoms with Crippen LogP contribution < -0.4 is 10.5 Å². The molecule has 0 saturated heterocycles. The minimum Gasteiger partial charge on any atom is -0.491 e. The molecule has 1 rings (SSSR count). The Balaban J connectivity index is 0.00000256. The molecule has 0 spiro atoms. The number of allylic oxidation sites excluding steroid dienone is 1. The van der Waals surface area contributed by atoms with E-state index < -0.39 is 0 Å². The van der Waals surface area contributed by atoms with Gasteiger partial charge in [0.1, 0.15) is 5.75 Å². The summed E-state index contributed by atoms with van der Waals surface area (Å²) in [5.74, 6) is 0.898. The lowest BCUT2D eigenvalue weighted by Gasteiger charge is -2.13. The van der Waals surface area contributed by atoms with Gasteiger partial charge in [0.25, 0.3) is 0 Å². The second-order valence-corrected chi connectivity index (χ2v) is 4.21. The molecule has 0 aliphatic heterocycles. The molecule has 3 heteroatoms. The van der Waals surface area contributed by atoms with E-state index in [-0.39, 0.29) is 24.6 Å². The van der Waals surface area contributed by atoms with Gasteiger partial charge in [0.05, 0.1) is 6.10 Å². The smallest absolute Gasteiger partial charge is 0.119 e. The molecule has 17 heavy (non-hydrogen) atoms. The lowest BCUT2D eigenvalue weighted by molar-refractivity contribution is 0.242. The van der Waals surface area contributed by atoms with E-state index in [1.807, 2.05) is 44.2 Å². The van der Waals surface area contributed by atoms with E-state index in [2.05, 4.69) is 6.58 Å². The SMILES string of the molecule is C=CCC[C@@H](N)c1ccc(OC(C)C)cc1.Cl. The van der Waals surface area contributed by atoms with Gasteiger partial charge >= 0.3 is 0 Å². The standard InChI is InChI=1S/C14H21NO.ClH/c1-4-5-6-14(15)12-7-9-13(10-8-12)16-11(2)3;/h4,7-11,14H,1,5-6,15H2,2-3H3;1H/t14-;/m1./s1. The van der Waals surface area contributed by atoms with Crippen LogP contribution in [0.25, 0.3) is 0 Å².